The van der Waals surface area contributed by atoms with Crippen LogP contribution in [-0.4, -0.2) is 21.1 Å². The Balaban J connectivity index is 3.42. The highest BCUT2D eigenvalue weighted by atomic mass is 32.2. The summed E-state index contributed by atoms with van der Waals surface area (Å²) >= 11 is 0. The lowest BCUT2D eigenvalue weighted by Crippen LogP contribution is -2.40. The van der Waals surface area contributed by atoms with Crippen LogP contribution in [0.1, 0.15) is 37.3 Å². The molecule has 0 saturated carbocycles. The third-order valence-electron chi connectivity index (χ3n) is 3.40. The molecule has 0 heterocycles. The minimum Gasteiger partial charge on any atom is -0.436 e. The topological polar surface area (TPSA) is 122 Å². The number of rotatable bonds is 8. The van der Waals surface area contributed by atoms with Crippen molar-refractivity contribution in [3.8, 4) is 0 Å². The summed E-state index contributed by atoms with van der Waals surface area (Å²) in [6, 6.07) is 3.96. The number of hydrogen-bond donors (Lipinski definition) is 2. The molecule has 0 aliphatic heterocycles. The molecule has 25 heavy (non-hydrogen) atoms. The highest BCUT2D eigenvalue weighted by Crippen LogP contribution is 2.36. The van der Waals surface area contributed by atoms with Crippen LogP contribution < -0.4 is 10.9 Å². The molecule has 1 amide bonds. The lowest BCUT2D eigenvalue weighted by Gasteiger charge is -2.33. The van der Waals surface area contributed by atoms with Gasteiger partial charge in [0.15, 0.2) is 5.60 Å². The van der Waals surface area contributed by atoms with Crippen molar-refractivity contribution in [2.45, 2.75) is 38.0 Å². The molecule has 7 nitrogen and oxygen atoms in total. The fraction of sp³-hybridized carbons (Fsp3) is 0.500. The SMILES string of the molecule is CCCCC(COS(N)(=O)=O)(OC(N)=O)c1cccc(C(F)(F)F)c1. The summed E-state index contributed by atoms with van der Waals surface area (Å²) in [6.45, 7) is 0.998. The molecule has 0 aliphatic carbocycles. The van der Waals surface area contributed by atoms with Crippen LogP contribution in [0, 0.1) is 0 Å². The smallest absolute Gasteiger partial charge is 0.416 e. The van der Waals surface area contributed by atoms with Crippen molar-refractivity contribution in [3.63, 3.8) is 0 Å². The Morgan fingerprint density at radius 3 is 2.32 bits per heavy atom. The van der Waals surface area contributed by atoms with Crippen LogP contribution in [0.15, 0.2) is 24.3 Å². The Labute approximate surface area is 143 Å². The Morgan fingerprint density at radius 2 is 1.84 bits per heavy atom. The van der Waals surface area contributed by atoms with Crippen molar-refractivity contribution >= 4 is 16.4 Å². The molecule has 0 aliphatic rings. The van der Waals surface area contributed by atoms with E-state index in [1.807, 2.05) is 0 Å². The maximum atomic E-state index is 13.0. The molecule has 0 aromatic heterocycles. The first-order valence-corrected chi connectivity index (χ1v) is 8.70. The molecule has 0 saturated heterocycles. The summed E-state index contributed by atoms with van der Waals surface area (Å²) in [5.41, 5.74) is 2.12. The van der Waals surface area contributed by atoms with Crippen molar-refractivity contribution in [2.24, 2.45) is 10.9 Å². The van der Waals surface area contributed by atoms with E-state index >= 15 is 0 Å². The van der Waals surface area contributed by atoms with E-state index in [0.29, 0.717) is 12.8 Å². The molecule has 1 rings (SSSR count). The van der Waals surface area contributed by atoms with E-state index in [1.165, 1.54) is 6.07 Å². The van der Waals surface area contributed by atoms with E-state index < -0.39 is 40.3 Å². The minimum atomic E-state index is -4.64. The second kappa shape index (κ2) is 8.02. The molecule has 0 fully saturated rings. The van der Waals surface area contributed by atoms with Crippen LogP contribution in [0.25, 0.3) is 0 Å². The van der Waals surface area contributed by atoms with Gasteiger partial charge in [-0.1, -0.05) is 25.5 Å². The molecule has 1 aromatic rings. The number of hydrogen-bond acceptors (Lipinski definition) is 5. The first kappa shape index (κ1) is 21.2. The molecule has 0 bridgehead atoms. The number of unbranched alkanes of at least 4 members (excludes halogenated alkanes) is 1. The zero-order valence-corrected chi connectivity index (χ0v) is 14.2. The van der Waals surface area contributed by atoms with E-state index in [1.54, 1.807) is 6.92 Å². The molecule has 142 valence electrons. The molecular formula is C14H19F3N2O5S. The Bertz CT molecular complexity index is 709. The van der Waals surface area contributed by atoms with Gasteiger partial charge in [-0.2, -0.15) is 21.6 Å². The number of ether oxygens (including phenoxy) is 1. The number of carbonyl (C=O) groups excluding carboxylic acids is 1. The summed E-state index contributed by atoms with van der Waals surface area (Å²) in [5.74, 6) is 0. The van der Waals surface area contributed by atoms with Crippen LogP contribution in [0.2, 0.25) is 0 Å². The molecule has 11 heteroatoms. The highest BCUT2D eigenvalue weighted by molar-refractivity contribution is 7.84. The first-order chi connectivity index (χ1) is 11.4. The van der Waals surface area contributed by atoms with Crippen molar-refractivity contribution < 1.29 is 35.3 Å². The van der Waals surface area contributed by atoms with Gasteiger partial charge in [0.05, 0.1) is 5.56 Å². The molecule has 1 unspecified atom stereocenters. The van der Waals surface area contributed by atoms with Gasteiger partial charge in [0.25, 0.3) is 0 Å². The zero-order valence-electron chi connectivity index (χ0n) is 13.4. The van der Waals surface area contributed by atoms with Gasteiger partial charge >= 0.3 is 22.6 Å². The predicted molar refractivity (Wildman–Crippen MR) is 82.4 cm³/mol. The monoisotopic (exact) mass is 384 g/mol. The Hall–Kier alpha value is -1.85. The number of benzene rings is 1. The van der Waals surface area contributed by atoms with Gasteiger partial charge in [-0.25, -0.2) is 9.93 Å². The Kier molecular flexibility index (Phi) is 6.80. The highest BCUT2D eigenvalue weighted by Gasteiger charge is 2.39. The number of carbonyl (C=O) groups is 1. The number of amides is 1. The third kappa shape index (κ3) is 6.52. The second-order valence-corrected chi connectivity index (χ2v) is 6.57. The third-order valence-corrected chi connectivity index (χ3v) is 3.85. The lowest BCUT2D eigenvalue weighted by molar-refractivity contribution is -0.137. The van der Waals surface area contributed by atoms with Crippen LogP contribution in [0.5, 0.6) is 0 Å². The van der Waals surface area contributed by atoms with Crippen molar-refractivity contribution in [2.75, 3.05) is 6.61 Å². The van der Waals surface area contributed by atoms with E-state index in [-0.39, 0.29) is 12.0 Å². The van der Waals surface area contributed by atoms with Gasteiger partial charge in [-0.05, 0) is 30.5 Å². The number of primary amides is 1. The van der Waals surface area contributed by atoms with Gasteiger partial charge < -0.3 is 10.5 Å². The molecular weight excluding hydrogens is 365 g/mol. The largest absolute Gasteiger partial charge is 0.436 e. The van der Waals surface area contributed by atoms with Crippen molar-refractivity contribution in [1.82, 2.24) is 0 Å². The standard InChI is InChI=1S/C14H19F3N2O5S/c1-2-3-7-13(24-12(18)20,9-23-25(19,21)22)10-5-4-6-11(8-10)14(15,16)17/h4-6,8H,2-3,7,9H2,1H3,(H2,18,20)(H2,19,21,22). The van der Waals surface area contributed by atoms with Crippen LogP contribution in [0.3, 0.4) is 0 Å². The maximum Gasteiger partial charge on any atom is 0.416 e. The van der Waals surface area contributed by atoms with Gasteiger partial charge in [0.2, 0.25) is 0 Å². The summed E-state index contributed by atoms with van der Waals surface area (Å²) in [5, 5.41) is 4.78. The second-order valence-electron chi connectivity index (χ2n) is 5.35. The molecule has 4 N–H and O–H groups in total. The molecule has 1 atom stereocenters. The minimum absolute atomic E-state index is 0.0106. The summed E-state index contributed by atoms with van der Waals surface area (Å²) in [6.07, 6.45) is -4.94. The maximum absolute atomic E-state index is 13.0. The van der Waals surface area contributed by atoms with Crippen molar-refractivity contribution in [1.29, 1.82) is 0 Å². The normalized spacial score (nSPS) is 14.8. The van der Waals surface area contributed by atoms with E-state index in [9.17, 15) is 26.4 Å². The van der Waals surface area contributed by atoms with E-state index in [2.05, 4.69) is 4.18 Å². The number of halogens is 3. The summed E-state index contributed by atoms with van der Waals surface area (Å²) in [4.78, 5) is 11.3. The summed E-state index contributed by atoms with van der Waals surface area (Å²) < 4.78 is 70.6. The van der Waals surface area contributed by atoms with E-state index in [0.717, 1.165) is 18.2 Å². The Morgan fingerprint density at radius 1 is 1.24 bits per heavy atom. The van der Waals surface area contributed by atoms with E-state index in [4.69, 9.17) is 15.6 Å². The molecule has 0 radical (unpaired) electrons. The number of alkyl halides is 3. The van der Waals surface area contributed by atoms with Gasteiger partial charge in [-0.15, -0.1) is 0 Å². The predicted octanol–water partition coefficient (Wildman–Crippen LogP) is 2.41. The summed E-state index contributed by atoms with van der Waals surface area (Å²) in [7, 11) is -4.42. The quantitative estimate of drug-likeness (QED) is 0.713. The van der Waals surface area contributed by atoms with Gasteiger partial charge in [0.1, 0.15) is 6.61 Å². The molecule has 0 spiro atoms. The molecule has 1 aromatic carbocycles. The lowest BCUT2D eigenvalue weighted by atomic mass is 9.88. The van der Waals surface area contributed by atoms with Crippen molar-refractivity contribution in [3.05, 3.63) is 35.4 Å². The van der Waals surface area contributed by atoms with Gasteiger partial charge in [0, 0.05) is 0 Å². The average molecular weight is 384 g/mol. The zero-order chi connectivity index (χ0) is 19.3. The fourth-order valence-corrected chi connectivity index (χ4v) is 2.61. The van der Waals surface area contributed by atoms with Crippen LogP contribution in [-0.2, 0) is 31.0 Å². The first-order valence-electron chi connectivity index (χ1n) is 7.23. The number of nitrogens with two attached hydrogens (primary N) is 2. The van der Waals surface area contributed by atoms with Crippen LogP contribution in [0.4, 0.5) is 18.0 Å². The fourth-order valence-electron chi connectivity index (χ4n) is 2.25. The van der Waals surface area contributed by atoms with Gasteiger partial charge in [-0.3, -0.25) is 4.18 Å². The average Bonchev–Trinajstić information content (AvgIpc) is 2.48. The van der Waals surface area contributed by atoms with Crippen LogP contribution >= 0.6 is 0 Å².